The van der Waals surface area contributed by atoms with Gasteiger partial charge in [-0.2, -0.15) is 0 Å². The highest BCUT2D eigenvalue weighted by atomic mass is 16.5. The lowest BCUT2D eigenvalue weighted by Crippen LogP contribution is -2.51. The van der Waals surface area contributed by atoms with E-state index in [1.165, 1.54) is 5.56 Å². The zero-order valence-electron chi connectivity index (χ0n) is 13.7. The van der Waals surface area contributed by atoms with E-state index >= 15 is 0 Å². The quantitative estimate of drug-likeness (QED) is 0.812. The van der Waals surface area contributed by atoms with Crippen LogP contribution in [0.15, 0.2) is 24.3 Å². The largest absolute Gasteiger partial charge is 0.374 e. The Morgan fingerprint density at radius 2 is 2.13 bits per heavy atom. The normalized spacial score (nSPS) is 24.0. The molecule has 4 rings (SSSR count). The standard InChI is InChI=1S/C19H22N2O2/c1-12-6-7-16-14(10-12)11-15(13(2)20-16)19(22)21-8-9-23-18-5-3-4-17(18)21/h6-7,10-11,17-18H,3-5,8-9H2,1-2H3/t17-,18-/m1/s1. The zero-order chi connectivity index (χ0) is 16.0. The number of carbonyl (C=O) groups excluding carboxylic acids is 1. The summed E-state index contributed by atoms with van der Waals surface area (Å²) >= 11 is 0. The molecule has 1 aromatic carbocycles. The van der Waals surface area contributed by atoms with Gasteiger partial charge in [0.05, 0.1) is 35.5 Å². The Morgan fingerprint density at radius 1 is 1.26 bits per heavy atom. The van der Waals surface area contributed by atoms with E-state index in [1.807, 2.05) is 24.0 Å². The Balaban J connectivity index is 1.72. The van der Waals surface area contributed by atoms with Crippen LogP contribution in [0.4, 0.5) is 0 Å². The van der Waals surface area contributed by atoms with E-state index in [0.29, 0.717) is 13.2 Å². The number of benzene rings is 1. The molecule has 120 valence electrons. The Bertz CT molecular complexity index is 771. The van der Waals surface area contributed by atoms with Crippen LogP contribution in [0.2, 0.25) is 0 Å². The first kappa shape index (κ1) is 14.6. The predicted molar refractivity (Wildman–Crippen MR) is 89.6 cm³/mol. The summed E-state index contributed by atoms with van der Waals surface area (Å²) in [5, 5.41) is 1.04. The second kappa shape index (κ2) is 5.60. The molecule has 4 nitrogen and oxygen atoms in total. The van der Waals surface area contributed by atoms with Crippen LogP contribution in [-0.2, 0) is 4.74 Å². The maximum atomic E-state index is 13.1. The summed E-state index contributed by atoms with van der Waals surface area (Å²) in [5.74, 6) is 0.110. The number of pyridine rings is 1. The number of amides is 1. The van der Waals surface area contributed by atoms with Crippen LogP contribution < -0.4 is 0 Å². The minimum absolute atomic E-state index is 0.110. The summed E-state index contributed by atoms with van der Waals surface area (Å²) in [7, 11) is 0. The van der Waals surface area contributed by atoms with Crippen molar-refractivity contribution in [3.63, 3.8) is 0 Å². The fourth-order valence-electron chi connectivity index (χ4n) is 3.94. The molecule has 0 unspecified atom stereocenters. The fraction of sp³-hybridized carbons (Fsp3) is 0.474. The van der Waals surface area contributed by atoms with Gasteiger partial charge in [-0.1, -0.05) is 11.6 Å². The molecule has 1 saturated heterocycles. The molecule has 1 aromatic heterocycles. The van der Waals surface area contributed by atoms with Crippen LogP contribution in [0.1, 0.15) is 40.9 Å². The van der Waals surface area contributed by atoms with Crippen molar-refractivity contribution in [2.75, 3.05) is 13.2 Å². The first-order valence-corrected chi connectivity index (χ1v) is 8.44. The van der Waals surface area contributed by atoms with Crippen LogP contribution in [0, 0.1) is 13.8 Å². The summed E-state index contributed by atoms with van der Waals surface area (Å²) in [6.07, 6.45) is 3.49. The number of rotatable bonds is 1. The maximum Gasteiger partial charge on any atom is 0.256 e. The molecule has 2 aromatic rings. The summed E-state index contributed by atoms with van der Waals surface area (Å²) in [4.78, 5) is 19.8. The molecule has 0 N–H and O–H groups in total. The molecule has 2 atom stereocenters. The van der Waals surface area contributed by atoms with E-state index in [-0.39, 0.29) is 18.1 Å². The van der Waals surface area contributed by atoms with Crippen molar-refractivity contribution in [2.45, 2.75) is 45.3 Å². The molecule has 0 bridgehead atoms. The average Bonchev–Trinajstić information content (AvgIpc) is 3.02. The molecular weight excluding hydrogens is 288 g/mol. The van der Waals surface area contributed by atoms with Crippen molar-refractivity contribution in [3.05, 3.63) is 41.1 Å². The number of carbonyl (C=O) groups is 1. The molecule has 4 heteroatoms. The lowest BCUT2D eigenvalue weighted by atomic mass is 10.0. The van der Waals surface area contributed by atoms with Crippen LogP contribution in [0.3, 0.4) is 0 Å². The highest BCUT2D eigenvalue weighted by Crippen LogP contribution is 2.31. The molecule has 0 radical (unpaired) electrons. The first-order chi connectivity index (χ1) is 11.1. The fourth-order valence-corrected chi connectivity index (χ4v) is 3.94. The van der Waals surface area contributed by atoms with Crippen molar-refractivity contribution >= 4 is 16.8 Å². The SMILES string of the molecule is Cc1ccc2nc(C)c(C(=O)N3CCO[C@@H]4CCC[C@H]43)cc2c1. The Hall–Kier alpha value is -1.94. The lowest BCUT2D eigenvalue weighted by Gasteiger charge is -2.37. The topological polar surface area (TPSA) is 42.4 Å². The third-order valence-corrected chi connectivity index (χ3v) is 5.13. The number of aromatic nitrogens is 1. The van der Waals surface area contributed by atoms with E-state index in [0.717, 1.165) is 41.4 Å². The number of fused-ring (bicyclic) bond motifs is 2. The van der Waals surface area contributed by atoms with E-state index in [2.05, 4.69) is 24.0 Å². The molecule has 23 heavy (non-hydrogen) atoms. The molecule has 2 aliphatic rings. The second-order valence-electron chi connectivity index (χ2n) is 6.72. The van der Waals surface area contributed by atoms with Gasteiger partial charge in [0.15, 0.2) is 0 Å². The van der Waals surface area contributed by atoms with Crippen LogP contribution in [-0.4, -0.2) is 41.1 Å². The second-order valence-corrected chi connectivity index (χ2v) is 6.72. The van der Waals surface area contributed by atoms with Gasteiger partial charge in [-0.05, 0) is 51.3 Å². The van der Waals surface area contributed by atoms with E-state index in [4.69, 9.17) is 4.74 Å². The van der Waals surface area contributed by atoms with Crippen molar-refractivity contribution < 1.29 is 9.53 Å². The zero-order valence-corrected chi connectivity index (χ0v) is 13.7. The highest BCUT2D eigenvalue weighted by Gasteiger charge is 2.39. The molecule has 2 heterocycles. The number of morpholine rings is 1. The van der Waals surface area contributed by atoms with Crippen molar-refractivity contribution in [1.82, 2.24) is 9.88 Å². The van der Waals surface area contributed by atoms with Gasteiger partial charge in [-0.3, -0.25) is 9.78 Å². The summed E-state index contributed by atoms with van der Waals surface area (Å²) in [6, 6.07) is 8.42. The maximum absolute atomic E-state index is 13.1. The van der Waals surface area contributed by atoms with Gasteiger partial charge in [0.1, 0.15) is 0 Å². The summed E-state index contributed by atoms with van der Waals surface area (Å²) in [6.45, 7) is 5.32. The first-order valence-electron chi connectivity index (χ1n) is 8.44. The van der Waals surface area contributed by atoms with E-state index in [1.54, 1.807) is 0 Å². The van der Waals surface area contributed by atoms with Gasteiger partial charge in [0.25, 0.3) is 5.91 Å². The molecular formula is C19H22N2O2. The smallest absolute Gasteiger partial charge is 0.256 e. The van der Waals surface area contributed by atoms with Crippen molar-refractivity contribution in [3.8, 4) is 0 Å². The average molecular weight is 310 g/mol. The van der Waals surface area contributed by atoms with Gasteiger partial charge >= 0.3 is 0 Å². The molecule has 0 spiro atoms. The number of hydrogen-bond acceptors (Lipinski definition) is 3. The van der Waals surface area contributed by atoms with Gasteiger partial charge in [-0.15, -0.1) is 0 Å². The Labute approximate surface area is 136 Å². The van der Waals surface area contributed by atoms with Gasteiger partial charge in [0.2, 0.25) is 0 Å². The molecule has 2 fully saturated rings. The minimum Gasteiger partial charge on any atom is -0.374 e. The highest BCUT2D eigenvalue weighted by molar-refractivity contribution is 5.99. The Morgan fingerprint density at radius 3 is 3.00 bits per heavy atom. The molecule has 1 aliphatic carbocycles. The Kier molecular flexibility index (Phi) is 3.57. The van der Waals surface area contributed by atoms with Gasteiger partial charge < -0.3 is 9.64 Å². The van der Waals surface area contributed by atoms with Gasteiger partial charge in [-0.25, -0.2) is 0 Å². The van der Waals surface area contributed by atoms with Crippen LogP contribution in [0.5, 0.6) is 0 Å². The third kappa shape index (κ3) is 2.51. The van der Waals surface area contributed by atoms with E-state index < -0.39 is 0 Å². The molecule has 1 amide bonds. The lowest BCUT2D eigenvalue weighted by molar-refractivity contribution is -0.0445. The van der Waals surface area contributed by atoms with Crippen LogP contribution in [0.25, 0.3) is 10.9 Å². The van der Waals surface area contributed by atoms with E-state index in [9.17, 15) is 4.79 Å². The van der Waals surface area contributed by atoms with Crippen molar-refractivity contribution in [1.29, 1.82) is 0 Å². The number of nitrogens with zero attached hydrogens (tertiary/aromatic N) is 2. The number of hydrogen-bond donors (Lipinski definition) is 0. The monoisotopic (exact) mass is 310 g/mol. The summed E-state index contributed by atoms with van der Waals surface area (Å²) in [5.41, 5.74) is 3.68. The third-order valence-electron chi connectivity index (χ3n) is 5.13. The molecule has 1 saturated carbocycles. The predicted octanol–water partition coefficient (Wildman–Crippen LogP) is 3.25. The minimum atomic E-state index is 0.110. The number of aryl methyl sites for hydroxylation is 2. The van der Waals surface area contributed by atoms with Crippen molar-refractivity contribution in [2.24, 2.45) is 0 Å². The summed E-state index contributed by atoms with van der Waals surface area (Å²) < 4.78 is 5.82. The number of ether oxygens (including phenoxy) is 1. The van der Waals surface area contributed by atoms with Crippen LogP contribution >= 0.6 is 0 Å². The molecule has 1 aliphatic heterocycles. The van der Waals surface area contributed by atoms with Gasteiger partial charge in [0, 0.05) is 11.9 Å².